The fraction of sp³-hybridized carbons (Fsp3) is 0.636. The topological polar surface area (TPSA) is 47.4 Å². The second kappa shape index (κ2) is 4.31. The molecule has 6 heteroatoms. The number of ether oxygens (including phenoxy) is 1. The first-order valence-corrected chi connectivity index (χ1v) is 6.25. The van der Waals surface area contributed by atoms with Gasteiger partial charge in [0.2, 0.25) is 0 Å². The molecule has 2 heterocycles. The predicted octanol–water partition coefficient (Wildman–Crippen LogP) is 1.07. The van der Waals surface area contributed by atoms with E-state index in [1.165, 1.54) is 4.68 Å². The third-order valence-corrected chi connectivity index (χ3v) is 3.32. The molecule has 1 saturated heterocycles. The maximum Gasteiger partial charge on any atom is 0.290 e. The molecule has 0 spiro atoms. The Bertz CT molecular complexity index is 478. The van der Waals surface area contributed by atoms with Crippen molar-refractivity contribution < 1.29 is 4.74 Å². The summed E-state index contributed by atoms with van der Waals surface area (Å²) in [6.07, 6.45) is 2.05. The minimum atomic E-state index is -0.0289. The van der Waals surface area contributed by atoms with Crippen LogP contribution in [0.3, 0.4) is 0 Å². The number of hydrogen-bond donors (Lipinski definition) is 0. The summed E-state index contributed by atoms with van der Waals surface area (Å²) in [6.45, 7) is 2.78. The van der Waals surface area contributed by atoms with Crippen molar-refractivity contribution >= 4 is 17.3 Å². The lowest BCUT2D eigenvalue weighted by Crippen LogP contribution is -2.40. The van der Waals surface area contributed by atoms with Crippen LogP contribution < -0.4 is 10.5 Å². The number of morpholine rings is 1. The first kappa shape index (κ1) is 11.0. The zero-order valence-electron chi connectivity index (χ0n) is 9.43. The van der Waals surface area contributed by atoms with Crippen LogP contribution in [0.1, 0.15) is 18.9 Å². The van der Waals surface area contributed by atoms with Gasteiger partial charge in [0.05, 0.1) is 19.3 Å². The smallest absolute Gasteiger partial charge is 0.290 e. The Morgan fingerprint density at radius 1 is 1.35 bits per heavy atom. The minimum Gasteiger partial charge on any atom is -0.378 e. The minimum absolute atomic E-state index is 0.0289. The van der Waals surface area contributed by atoms with Gasteiger partial charge in [-0.3, -0.25) is 4.79 Å². The van der Waals surface area contributed by atoms with Crippen LogP contribution in [0.15, 0.2) is 10.9 Å². The van der Waals surface area contributed by atoms with Crippen LogP contribution in [0.2, 0.25) is 5.15 Å². The zero-order valence-corrected chi connectivity index (χ0v) is 10.2. The molecule has 1 aliphatic heterocycles. The summed E-state index contributed by atoms with van der Waals surface area (Å²) in [5.74, 6) is 0. The highest BCUT2D eigenvalue weighted by Gasteiger charge is 2.28. The van der Waals surface area contributed by atoms with Gasteiger partial charge in [0.25, 0.3) is 5.56 Å². The molecule has 0 radical (unpaired) electrons. The van der Waals surface area contributed by atoms with E-state index in [-0.39, 0.29) is 11.6 Å². The molecule has 0 aromatic carbocycles. The highest BCUT2D eigenvalue weighted by Crippen LogP contribution is 2.33. The Hall–Kier alpha value is -1.07. The van der Waals surface area contributed by atoms with Gasteiger partial charge in [-0.05, 0) is 12.8 Å². The average Bonchev–Trinajstić information content (AvgIpc) is 3.17. The van der Waals surface area contributed by atoms with Crippen molar-refractivity contribution in [3.63, 3.8) is 0 Å². The third-order valence-electron chi connectivity index (χ3n) is 3.13. The summed E-state index contributed by atoms with van der Waals surface area (Å²) in [4.78, 5) is 14.3. The molecule has 1 aromatic rings. The van der Waals surface area contributed by atoms with E-state index < -0.39 is 0 Å². The molecule has 2 aliphatic rings. The summed E-state index contributed by atoms with van der Waals surface area (Å²) >= 11 is 5.98. The molecule has 2 fully saturated rings. The van der Waals surface area contributed by atoms with Crippen molar-refractivity contribution in [1.82, 2.24) is 9.78 Å². The lowest BCUT2D eigenvalue weighted by Gasteiger charge is -2.28. The summed E-state index contributed by atoms with van der Waals surface area (Å²) in [6, 6.07) is 1.91. The number of halogens is 1. The lowest BCUT2D eigenvalue weighted by atomic mass is 10.3. The largest absolute Gasteiger partial charge is 0.378 e. The summed E-state index contributed by atoms with van der Waals surface area (Å²) in [5.41, 5.74) is 0.624. The maximum absolute atomic E-state index is 12.3. The van der Waals surface area contributed by atoms with Gasteiger partial charge >= 0.3 is 0 Å². The molecule has 0 bridgehead atoms. The molecule has 1 aromatic heterocycles. The summed E-state index contributed by atoms with van der Waals surface area (Å²) in [5, 5.41) is 4.49. The van der Waals surface area contributed by atoms with Crippen molar-refractivity contribution in [3.8, 4) is 0 Å². The number of hydrogen-bond acceptors (Lipinski definition) is 4. The second-order valence-corrected chi connectivity index (χ2v) is 4.82. The van der Waals surface area contributed by atoms with E-state index in [9.17, 15) is 4.79 Å². The normalized spacial score (nSPS) is 20.6. The molecule has 0 unspecified atom stereocenters. The van der Waals surface area contributed by atoms with E-state index in [1.54, 1.807) is 6.07 Å². The van der Waals surface area contributed by atoms with Crippen molar-refractivity contribution in [2.45, 2.75) is 18.9 Å². The fourth-order valence-electron chi connectivity index (χ4n) is 2.07. The van der Waals surface area contributed by atoms with E-state index in [0.29, 0.717) is 24.1 Å². The second-order valence-electron chi connectivity index (χ2n) is 4.43. The molecule has 1 saturated carbocycles. The molecule has 0 atom stereocenters. The Balaban J connectivity index is 1.99. The monoisotopic (exact) mass is 255 g/mol. The van der Waals surface area contributed by atoms with E-state index in [2.05, 4.69) is 5.10 Å². The van der Waals surface area contributed by atoms with E-state index in [4.69, 9.17) is 16.3 Å². The Kier molecular flexibility index (Phi) is 2.80. The Labute approximate surface area is 104 Å². The highest BCUT2D eigenvalue weighted by atomic mass is 35.5. The molecule has 3 rings (SSSR count). The van der Waals surface area contributed by atoms with Crippen LogP contribution in [0.5, 0.6) is 0 Å². The van der Waals surface area contributed by atoms with Crippen LogP contribution in [0.25, 0.3) is 0 Å². The van der Waals surface area contributed by atoms with Gasteiger partial charge in [-0.25, -0.2) is 4.68 Å². The standard InChI is InChI=1S/C11H14ClN3O2/c12-10-7-9(14-3-5-17-6-4-14)11(16)15(13-10)8-1-2-8/h7-8H,1-6H2. The first-order valence-electron chi connectivity index (χ1n) is 5.88. The lowest BCUT2D eigenvalue weighted by molar-refractivity contribution is 0.122. The quantitative estimate of drug-likeness (QED) is 0.793. The molecule has 0 amide bonds. The SMILES string of the molecule is O=c1c(N2CCOCC2)cc(Cl)nn1C1CC1. The van der Waals surface area contributed by atoms with Crippen molar-refractivity contribution in [2.75, 3.05) is 31.2 Å². The molecule has 5 nitrogen and oxygen atoms in total. The molecular formula is C11H14ClN3O2. The number of nitrogens with zero attached hydrogens (tertiary/aromatic N) is 3. The fourth-order valence-corrected chi connectivity index (χ4v) is 2.25. The number of anilines is 1. The van der Waals surface area contributed by atoms with Gasteiger partial charge in [0, 0.05) is 19.2 Å². The predicted molar refractivity (Wildman–Crippen MR) is 64.8 cm³/mol. The van der Waals surface area contributed by atoms with Crippen molar-refractivity contribution in [1.29, 1.82) is 0 Å². The van der Waals surface area contributed by atoms with Gasteiger partial charge in [0.1, 0.15) is 5.69 Å². The third kappa shape index (κ3) is 2.17. The molecule has 17 heavy (non-hydrogen) atoms. The van der Waals surface area contributed by atoms with Gasteiger partial charge in [-0.2, -0.15) is 5.10 Å². The Morgan fingerprint density at radius 2 is 2.06 bits per heavy atom. The van der Waals surface area contributed by atoms with Gasteiger partial charge in [0.15, 0.2) is 5.15 Å². The number of aromatic nitrogens is 2. The van der Waals surface area contributed by atoms with E-state index in [0.717, 1.165) is 25.9 Å². The average molecular weight is 256 g/mol. The molecule has 0 N–H and O–H groups in total. The molecule has 1 aliphatic carbocycles. The van der Waals surface area contributed by atoms with Gasteiger partial charge in [-0.15, -0.1) is 0 Å². The van der Waals surface area contributed by atoms with Crippen molar-refractivity contribution in [2.24, 2.45) is 0 Å². The number of rotatable bonds is 2. The van der Waals surface area contributed by atoms with Crippen LogP contribution in [0.4, 0.5) is 5.69 Å². The van der Waals surface area contributed by atoms with Crippen molar-refractivity contribution in [3.05, 3.63) is 21.6 Å². The van der Waals surface area contributed by atoms with Crippen LogP contribution in [-0.2, 0) is 4.74 Å². The van der Waals surface area contributed by atoms with Crippen LogP contribution >= 0.6 is 11.6 Å². The zero-order chi connectivity index (χ0) is 11.8. The molecule has 92 valence electrons. The van der Waals surface area contributed by atoms with Crippen LogP contribution in [-0.4, -0.2) is 36.1 Å². The van der Waals surface area contributed by atoms with Gasteiger partial charge < -0.3 is 9.64 Å². The maximum atomic E-state index is 12.3. The highest BCUT2D eigenvalue weighted by molar-refractivity contribution is 6.29. The van der Waals surface area contributed by atoms with E-state index >= 15 is 0 Å². The van der Waals surface area contributed by atoms with E-state index in [1.807, 2.05) is 4.90 Å². The Morgan fingerprint density at radius 3 is 2.71 bits per heavy atom. The van der Waals surface area contributed by atoms with Crippen LogP contribution in [0, 0.1) is 0 Å². The van der Waals surface area contributed by atoms with Gasteiger partial charge in [-0.1, -0.05) is 11.6 Å². The summed E-state index contributed by atoms with van der Waals surface area (Å²) < 4.78 is 6.82. The summed E-state index contributed by atoms with van der Waals surface area (Å²) in [7, 11) is 0. The first-order chi connectivity index (χ1) is 8.25. The molecular weight excluding hydrogens is 242 g/mol.